The smallest absolute Gasteiger partial charge is 0.409 e. The highest BCUT2D eigenvalue weighted by Crippen LogP contribution is 2.61. The summed E-state index contributed by atoms with van der Waals surface area (Å²) in [6, 6.07) is 2.10. The minimum absolute atomic E-state index is 0.0230. The lowest BCUT2D eigenvalue weighted by molar-refractivity contribution is 0.209. The maximum absolute atomic E-state index is 13.9. The summed E-state index contributed by atoms with van der Waals surface area (Å²) in [7, 11) is 0. The van der Waals surface area contributed by atoms with Crippen molar-refractivity contribution in [3.8, 4) is 0 Å². The molecule has 1 heterocycles. The standard InChI is InChI=1S/C12H11F2NO2S/c13-8-1-5(15-12(16)17)2-9(14)11(8)10-6-3-18-4-7(6)10/h1-2,6-7,10,15H,3-4H2,(H,16,17). The SMILES string of the molecule is O=C(O)Nc1cc(F)c(C2C3CSCC32)c(F)c1. The first-order valence-corrected chi connectivity index (χ1v) is 6.80. The van der Waals surface area contributed by atoms with Crippen molar-refractivity contribution in [1.29, 1.82) is 0 Å². The zero-order valence-electron chi connectivity index (χ0n) is 9.32. The maximum atomic E-state index is 13.9. The highest BCUT2D eigenvalue weighted by atomic mass is 32.2. The summed E-state index contributed by atoms with van der Waals surface area (Å²) in [5, 5.41) is 10.5. The van der Waals surface area contributed by atoms with Crippen LogP contribution < -0.4 is 5.32 Å². The first kappa shape index (κ1) is 11.8. The summed E-state index contributed by atoms with van der Waals surface area (Å²) in [4.78, 5) is 10.4. The van der Waals surface area contributed by atoms with Gasteiger partial charge in [0.05, 0.1) is 0 Å². The Bertz CT molecular complexity index is 490. The number of hydrogen-bond acceptors (Lipinski definition) is 2. The molecule has 2 N–H and O–H groups in total. The van der Waals surface area contributed by atoms with Gasteiger partial charge >= 0.3 is 6.09 Å². The van der Waals surface area contributed by atoms with Crippen LogP contribution in [0.15, 0.2) is 12.1 Å². The molecule has 1 aromatic carbocycles. The van der Waals surface area contributed by atoms with Crippen LogP contribution in [-0.2, 0) is 0 Å². The Hall–Kier alpha value is -1.30. The van der Waals surface area contributed by atoms with E-state index in [9.17, 15) is 13.6 Å². The van der Waals surface area contributed by atoms with Crippen molar-refractivity contribution in [2.75, 3.05) is 16.8 Å². The van der Waals surface area contributed by atoms with Gasteiger partial charge in [0.1, 0.15) is 11.6 Å². The normalized spacial score (nSPS) is 28.9. The second kappa shape index (κ2) is 4.12. The zero-order chi connectivity index (χ0) is 12.9. The molecule has 2 unspecified atom stereocenters. The third kappa shape index (κ3) is 1.84. The molecule has 1 saturated carbocycles. The van der Waals surface area contributed by atoms with Crippen LogP contribution in [0, 0.1) is 23.5 Å². The average Bonchev–Trinajstić information content (AvgIpc) is 2.71. The van der Waals surface area contributed by atoms with Gasteiger partial charge in [0.25, 0.3) is 0 Å². The molecule has 1 aromatic rings. The van der Waals surface area contributed by atoms with E-state index in [0.29, 0.717) is 11.8 Å². The minimum atomic E-state index is -1.33. The number of amides is 1. The van der Waals surface area contributed by atoms with Gasteiger partial charge in [-0.1, -0.05) is 0 Å². The molecule has 2 aliphatic rings. The lowest BCUT2D eigenvalue weighted by atomic mass is 10.1. The van der Waals surface area contributed by atoms with E-state index in [-0.39, 0.29) is 17.2 Å². The number of anilines is 1. The molecule has 96 valence electrons. The van der Waals surface area contributed by atoms with E-state index in [1.165, 1.54) is 0 Å². The van der Waals surface area contributed by atoms with E-state index in [0.717, 1.165) is 23.6 Å². The fourth-order valence-corrected chi connectivity index (χ4v) is 4.36. The van der Waals surface area contributed by atoms with Crippen LogP contribution in [0.25, 0.3) is 0 Å². The molecule has 3 nitrogen and oxygen atoms in total. The summed E-state index contributed by atoms with van der Waals surface area (Å²) in [5.41, 5.74) is 0.0580. The van der Waals surface area contributed by atoms with Crippen molar-refractivity contribution in [3.63, 3.8) is 0 Å². The average molecular weight is 271 g/mol. The number of thioether (sulfide) groups is 1. The van der Waals surface area contributed by atoms with Crippen LogP contribution >= 0.6 is 11.8 Å². The van der Waals surface area contributed by atoms with Crippen molar-refractivity contribution >= 4 is 23.5 Å². The summed E-state index contributed by atoms with van der Waals surface area (Å²) in [6.45, 7) is 0. The summed E-state index contributed by atoms with van der Waals surface area (Å²) < 4.78 is 27.8. The van der Waals surface area contributed by atoms with Crippen molar-refractivity contribution in [1.82, 2.24) is 0 Å². The minimum Gasteiger partial charge on any atom is -0.465 e. The maximum Gasteiger partial charge on any atom is 0.409 e. The molecule has 0 aromatic heterocycles. The monoisotopic (exact) mass is 271 g/mol. The summed E-state index contributed by atoms with van der Waals surface area (Å²) in [6.07, 6.45) is -1.33. The highest BCUT2D eigenvalue weighted by Gasteiger charge is 2.55. The molecule has 0 spiro atoms. The molecule has 6 heteroatoms. The van der Waals surface area contributed by atoms with Gasteiger partial charge in [-0.2, -0.15) is 11.8 Å². The highest BCUT2D eigenvalue weighted by molar-refractivity contribution is 7.99. The van der Waals surface area contributed by atoms with Gasteiger partial charge in [-0.3, -0.25) is 5.32 Å². The molecule has 1 saturated heterocycles. The molecular weight excluding hydrogens is 260 g/mol. The molecule has 1 amide bonds. The van der Waals surface area contributed by atoms with Crippen molar-refractivity contribution in [2.45, 2.75) is 5.92 Å². The molecule has 2 fully saturated rings. The number of carbonyl (C=O) groups is 1. The largest absolute Gasteiger partial charge is 0.465 e. The van der Waals surface area contributed by atoms with Gasteiger partial charge in [-0.15, -0.1) is 0 Å². The van der Waals surface area contributed by atoms with Crippen LogP contribution in [0.1, 0.15) is 11.5 Å². The topological polar surface area (TPSA) is 49.3 Å². The van der Waals surface area contributed by atoms with Crippen LogP contribution in [-0.4, -0.2) is 22.7 Å². The van der Waals surface area contributed by atoms with Gasteiger partial charge in [0.2, 0.25) is 0 Å². The van der Waals surface area contributed by atoms with E-state index in [1.54, 1.807) is 0 Å². The molecule has 0 radical (unpaired) electrons. The second-order valence-corrected chi connectivity index (χ2v) is 5.75. The molecular formula is C12H11F2NO2S. The Morgan fingerprint density at radius 2 is 1.83 bits per heavy atom. The van der Waals surface area contributed by atoms with Crippen molar-refractivity contribution < 1.29 is 18.7 Å². The van der Waals surface area contributed by atoms with Gasteiger partial charge in [0.15, 0.2) is 0 Å². The molecule has 3 rings (SSSR count). The Morgan fingerprint density at radius 3 is 2.33 bits per heavy atom. The van der Waals surface area contributed by atoms with Crippen LogP contribution in [0.2, 0.25) is 0 Å². The predicted molar refractivity (Wildman–Crippen MR) is 65.1 cm³/mol. The van der Waals surface area contributed by atoms with Crippen LogP contribution in [0.4, 0.5) is 19.3 Å². The fourth-order valence-electron chi connectivity index (χ4n) is 2.77. The van der Waals surface area contributed by atoms with E-state index in [1.807, 2.05) is 17.1 Å². The van der Waals surface area contributed by atoms with Crippen molar-refractivity contribution in [2.24, 2.45) is 11.8 Å². The van der Waals surface area contributed by atoms with E-state index in [4.69, 9.17) is 5.11 Å². The van der Waals surface area contributed by atoms with Gasteiger partial charge in [-0.25, -0.2) is 13.6 Å². The number of halogens is 2. The second-order valence-electron chi connectivity index (χ2n) is 4.67. The summed E-state index contributed by atoms with van der Waals surface area (Å²) in [5.74, 6) is 1.37. The van der Waals surface area contributed by atoms with E-state index >= 15 is 0 Å². The molecule has 2 atom stereocenters. The molecule has 1 aliphatic carbocycles. The number of fused-ring (bicyclic) bond motifs is 1. The number of rotatable bonds is 2. The Kier molecular flexibility index (Phi) is 2.69. The Morgan fingerprint density at radius 1 is 1.28 bits per heavy atom. The van der Waals surface area contributed by atoms with Crippen LogP contribution in [0.3, 0.4) is 0 Å². The zero-order valence-corrected chi connectivity index (χ0v) is 10.1. The quantitative estimate of drug-likeness (QED) is 0.868. The Labute approximate surface area is 107 Å². The lowest BCUT2D eigenvalue weighted by Gasteiger charge is -2.09. The number of benzene rings is 1. The van der Waals surface area contributed by atoms with Gasteiger partial charge < -0.3 is 5.11 Å². The third-order valence-corrected chi connectivity index (χ3v) is 4.86. The molecule has 0 bridgehead atoms. The number of carboxylic acid groups (broad SMARTS) is 1. The summed E-state index contributed by atoms with van der Waals surface area (Å²) >= 11 is 1.82. The van der Waals surface area contributed by atoms with Gasteiger partial charge in [0, 0.05) is 11.3 Å². The number of nitrogens with one attached hydrogen (secondary N) is 1. The van der Waals surface area contributed by atoms with E-state index < -0.39 is 17.7 Å². The molecule has 1 aliphatic heterocycles. The van der Waals surface area contributed by atoms with Crippen molar-refractivity contribution in [3.05, 3.63) is 29.3 Å². The van der Waals surface area contributed by atoms with E-state index in [2.05, 4.69) is 0 Å². The first-order valence-electron chi connectivity index (χ1n) is 5.64. The lowest BCUT2D eigenvalue weighted by Crippen LogP contribution is -2.09. The Balaban J connectivity index is 1.89. The number of hydrogen-bond donors (Lipinski definition) is 2. The third-order valence-electron chi connectivity index (χ3n) is 3.62. The van der Waals surface area contributed by atoms with Gasteiger partial charge in [-0.05, 0) is 41.4 Å². The first-order chi connectivity index (χ1) is 8.58. The molecule has 18 heavy (non-hydrogen) atoms. The van der Waals surface area contributed by atoms with Crippen LogP contribution in [0.5, 0.6) is 0 Å². The fraction of sp³-hybridized carbons (Fsp3) is 0.417. The predicted octanol–water partition coefficient (Wildman–Crippen LogP) is 3.13.